The number of hydrogen-bond donors (Lipinski definition) is 0. The van der Waals surface area contributed by atoms with Crippen LogP contribution in [0.5, 0.6) is 11.5 Å². The van der Waals surface area contributed by atoms with E-state index in [0.29, 0.717) is 90.5 Å². The van der Waals surface area contributed by atoms with E-state index >= 15 is 0 Å². The molecule has 2 fully saturated rings. The number of ether oxygens (including phenoxy) is 3. The number of carbonyl (C=O) groups is 5. The van der Waals surface area contributed by atoms with Gasteiger partial charge in [0, 0.05) is 63.5 Å². The van der Waals surface area contributed by atoms with E-state index in [-0.39, 0.29) is 17.4 Å². The van der Waals surface area contributed by atoms with Crippen molar-refractivity contribution in [1.29, 1.82) is 0 Å². The summed E-state index contributed by atoms with van der Waals surface area (Å²) < 4.78 is 25.8. The monoisotopic (exact) mass is 827 g/mol. The number of nitrogens with zero attached hydrogens (tertiary/aromatic N) is 5. The number of methoxy groups -OCH3 is 3. The molecule has 2 saturated heterocycles. The van der Waals surface area contributed by atoms with Crippen molar-refractivity contribution in [3.8, 4) is 11.5 Å². The van der Waals surface area contributed by atoms with Gasteiger partial charge < -0.3 is 37.7 Å². The van der Waals surface area contributed by atoms with Crippen LogP contribution in [0.25, 0.3) is 26.8 Å². The van der Waals surface area contributed by atoms with E-state index in [9.17, 15) is 24.0 Å². The van der Waals surface area contributed by atoms with Gasteiger partial charge >= 0.3 is 5.97 Å². The number of Topliss-reactive ketones (excluding diaryl/α,β-unsaturated/α-hetero) is 1. The van der Waals surface area contributed by atoms with Gasteiger partial charge in [-0.1, -0.05) is 48.5 Å². The summed E-state index contributed by atoms with van der Waals surface area (Å²) in [5.74, 6) is -0.588. The quantitative estimate of drug-likeness (QED) is 0.0750. The predicted octanol–water partition coefficient (Wildman–Crippen LogP) is 6.16. The van der Waals surface area contributed by atoms with Crippen molar-refractivity contribution in [3.05, 3.63) is 143 Å². The number of fused-ring (bicyclic) bond motifs is 2. The van der Waals surface area contributed by atoms with Crippen LogP contribution in [0.4, 0.5) is 0 Å². The molecule has 0 saturated carbocycles. The summed E-state index contributed by atoms with van der Waals surface area (Å²) in [5, 5.41) is 1.14. The number of rotatable bonds is 8. The molecule has 0 aliphatic carbocycles. The van der Waals surface area contributed by atoms with E-state index in [2.05, 4.69) is 14.5 Å². The maximum atomic E-state index is 12.8. The van der Waals surface area contributed by atoms with Crippen LogP contribution >= 0.6 is 0 Å². The zero-order valence-corrected chi connectivity index (χ0v) is 34.1. The van der Waals surface area contributed by atoms with E-state index in [1.165, 1.54) is 31.6 Å². The summed E-state index contributed by atoms with van der Waals surface area (Å²) in [4.78, 5) is 72.1. The Morgan fingerprint density at radius 3 is 1.48 bits per heavy atom. The normalized spacial score (nSPS) is 13.8. The van der Waals surface area contributed by atoms with Gasteiger partial charge in [0.05, 0.1) is 37.7 Å². The first-order valence-electron chi connectivity index (χ1n) is 19.4. The van der Waals surface area contributed by atoms with E-state index in [1.807, 2.05) is 53.4 Å². The molecule has 3 amide bonds. The lowest BCUT2D eigenvalue weighted by atomic mass is 10.1. The minimum atomic E-state index is -0.643. The molecule has 0 spiro atoms. The third-order valence-corrected chi connectivity index (χ3v) is 10.2. The highest BCUT2D eigenvalue weighted by Crippen LogP contribution is 2.32. The van der Waals surface area contributed by atoms with Crippen molar-refractivity contribution in [2.45, 2.75) is 0 Å². The molecule has 0 unspecified atom stereocenters. The Hall–Kier alpha value is -7.44. The maximum absolute atomic E-state index is 12.8. The van der Waals surface area contributed by atoms with Crippen LogP contribution in [0.1, 0.15) is 41.4 Å². The Morgan fingerprint density at radius 2 is 1.02 bits per heavy atom. The molecular formula is C46H45N5O10. The minimum Gasteiger partial charge on any atom is -0.496 e. The van der Waals surface area contributed by atoms with Gasteiger partial charge in [0.25, 0.3) is 30.2 Å². The second kappa shape index (κ2) is 20.5. The summed E-state index contributed by atoms with van der Waals surface area (Å²) in [5.41, 5.74) is 3.01. The fraction of sp³-hybridized carbons (Fsp3) is 0.261. The summed E-state index contributed by atoms with van der Waals surface area (Å²) in [7, 11) is 4.38. The summed E-state index contributed by atoms with van der Waals surface area (Å²) in [6.07, 6.45) is 2.67. The highest BCUT2D eigenvalue weighted by molar-refractivity contribution is 6.45. The number of hydrogen-bond acceptors (Lipinski definition) is 11. The molecule has 314 valence electrons. The van der Waals surface area contributed by atoms with Crippen LogP contribution in [-0.2, 0) is 9.53 Å². The molecule has 2 aliphatic rings. The van der Waals surface area contributed by atoms with Crippen LogP contribution in [0.15, 0.2) is 118 Å². The van der Waals surface area contributed by atoms with Gasteiger partial charge in [-0.15, -0.1) is 0 Å². The zero-order valence-electron chi connectivity index (χ0n) is 34.1. The van der Waals surface area contributed by atoms with Crippen molar-refractivity contribution < 1.29 is 47.0 Å². The van der Waals surface area contributed by atoms with Gasteiger partial charge in [-0.25, -0.2) is 16.3 Å². The molecule has 0 radical (unpaired) electrons. The molecule has 0 atom stereocenters. The van der Waals surface area contributed by atoms with Crippen LogP contribution in [-0.4, -0.2) is 129 Å². The third-order valence-electron chi connectivity index (χ3n) is 10.2. The molecule has 4 heterocycles. The molecule has 4 aromatic carbocycles. The van der Waals surface area contributed by atoms with Crippen molar-refractivity contribution in [1.82, 2.24) is 19.6 Å². The first kappa shape index (κ1) is 43.1. The van der Waals surface area contributed by atoms with Crippen LogP contribution in [0.3, 0.4) is 0 Å². The van der Waals surface area contributed by atoms with E-state index in [1.54, 1.807) is 60.5 Å². The summed E-state index contributed by atoms with van der Waals surface area (Å²) in [6.45, 7) is 11.6. The smallest absolute Gasteiger partial charge is 0.341 e. The minimum absolute atomic E-state index is 0.0745. The molecular weight excluding hydrogens is 783 g/mol. The Kier molecular flexibility index (Phi) is 14.5. The number of piperazine rings is 2. The summed E-state index contributed by atoms with van der Waals surface area (Å²) >= 11 is 0. The molecule has 15 nitrogen and oxygen atoms in total. The van der Waals surface area contributed by atoms with Crippen molar-refractivity contribution in [2.75, 3.05) is 80.4 Å². The van der Waals surface area contributed by atoms with Gasteiger partial charge in [0.2, 0.25) is 0 Å². The molecule has 6 aromatic rings. The average molecular weight is 828 g/mol. The number of benzene rings is 4. The fourth-order valence-electron chi connectivity index (χ4n) is 6.97. The Bertz CT molecular complexity index is 2510. The second-order valence-corrected chi connectivity index (χ2v) is 13.8. The number of furan rings is 2. The first-order chi connectivity index (χ1) is 29.7. The molecule has 0 N–H and O–H groups in total. The molecule has 0 bridgehead atoms. The lowest BCUT2D eigenvalue weighted by molar-refractivity contribution is -0.127. The third kappa shape index (κ3) is 10.1. The van der Waals surface area contributed by atoms with E-state index in [0.717, 1.165) is 18.7 Å². The largest absolute Gasteiger partial charge is 0.496 e. The number of ketones is 1. The van der Waals surface area contributed by atoms with Crippen molar-refractivity contribution in [3.63, 3.8) is 0 Å². The highest BCUT2D eigenvalue weighted by Gasteiger charge is 2.31. The number of amides is 3. The Balaban J connectivity index is 0.000000166. The SMILES string of the molecule is COC(=O)c1coc2cccc(OC)c12.COc1cccc2occ(C(=O)C(=O)N3CCN(C(=O)c4ccccc4)CC3)c12.[C-]#[N+]CN1CCN(C(=O)c2ccccc2)CC1. The summed E-state index contributed by atoms with van der Waals surface area (Å²) in [6, 6.07) is 28.9. The van der Waals surface area contributed by atoms with Crippen LogP contribution in [0, 0.1) is 6.57 Å². The topological polar surface area (TPSA) is 157 Å². The molecule has 2 aromatic heterocycles. The lowest BCUT2D eigenvalue weighted by Crippen LogP contribution is -2.52. The predicted molar refractivity (Wildman–Crippen MR) is 226 cm³/mol. The maximum Gasteiger partial charge on any atom is 0.341 e. The molecule has 8 rings (SSSR count). The van der Waals surface area contributed by atoms with Crippen molar-refractivity contribution >= 4 is 51.4 Å². The van der Waals surface area contributed by atoms with Crippen LogP contribution in [0.2, 0.25) is 0 Å². The first-order valence-corrected chi connectivity index (χ1v) is 19.4. The molecule has 15 heteroatoms. The molecule has 2 aliphatic heterocycles. The lowest BCUT2D eigenvalue weighted by Gasteiger charge is -2.34. The average Bonchev–Trinajstić information content (AvgIpc) is 3.97. The number of carbonyl (C=O) groups excluding carboxylic acids is 5. The van der Waals surface area contributed by atoms with Gasteiger partial charge in [0.1, 0.15) is 40.8 Å². The van der Waals surface area contributed by atoms with E-state index in [4.69, 9.17) is 24.9 Å². The Labute approximate surface area is 352 Å². The highest BCUT2D eigenvalue weighted by atomic mass is 16.5. The van der Waals surface area contributed by atoms with Gasteiger partial charge in [0.15, 0.2) is 0 Å². The Morgan fingerprint density at radius 1 is 0.574 bits per heavy atom. The fourth-order valence-corrected chi connectivity index (χ4v) is 6.97. The standard InChI is InChI=1S/C22H20N2O5.C13H15N3O.C11H10O4/c1-28-17-8-5-9-18-19(17)16(14-29-18)20(25)22(27)24-12-10-23(11-13-24)21(26)15-6-3-2-4-7-15;1-14-11-15-7-9-16(10-8-15)13(17)12-5-3-2-4-6-12;1-13-8-4-3-5-9-10(8)7(6-15-9)11(12)14-2/h2-9,14H,10-13H2,1H3;2-6H,7-11H2;3-6H,1-2H3. The second-order valence-electron chi connectivity index (χ2n) is 13.8. The van der Waals surface area contributed by atoms with E-state index < -0.39 is 17.7 Å². The van der Waals surface area contributed by atoms with Gasteiger partial charge in [-0.2, -0.15) is 0 Å². The van der Waals surface area contributed by atoms with Gasteiger partial charge in [-0.05, 0) is 48.5 Å². The number of esters is 1. The van der Waals surface area contributed by atoms with Crippen molar-refractivity contribution in [2.24, 2.45) is 0 Å². The zero-order chi connectivity index (χ0) is 43.3. The van der Waals surface area contributed by atoms with Crippen LogP contribution < -0.4 is 9.47 Å². The van der Waals surface area contributed by atoms with Gasteiger partial charge in [-0.3, -0.25) is 24.0 Å². The molecule has 61 heavy (non-hydrogen) atoms.